The average molecular weight is 275 g/mol. The molecule has 0 heterocycles. The van der Waals surface area contributed by atoms with Gasteiger partial charge in [0.15, 0.2) is 0 Å². The van der Waals surface area contributed by atoms with Crippen molar-refractivity contribution in [1.29, 1.82) is 0 Å². The van der Waals surface area contributed by atoms with Crippen LogP contribution in [0.25, 0.3) is 0 Å². The molecule has 20 heavy (non-hydrogen) atoms. The third kappa shape index (κ3) is 4.37. The Kier molecular flexibility index (Phi) is 5.75. The minimum Gasteiger partial charge on any atom is -0.384 e. The summed E-state index contributed by atoms with van der Waals surface area (Å²) < 4.78 is 5.19. The fourth-order valence-electron chi connectivity index (χ4n) is 1.78. The highest BCUT2D eigenvalue weighted by Crippen LogP contribution is 2.14. The zero-order valence-corrected chi connectivity index (χ0v) is 12.4. The van der Waals surface area contributed by atoms with Gasteiger partial charge >= 0.3 is 0 Å². The van der Waals surface area contributed by atoms with Crippen molar-refractivity contribution in [3.63, 3.8) is 0 Å². The number of hydrogen-bond acceptors (Lipinski definition) is 3. The van der Waals surface area contributed by atoms with E-state index >= 15 is 0 Å². The number of carbonyl (C=O) groups is 1. The van der Waals surface area contributed by atoms with E-state index in [2.05, 4.69) is 11.8 Å². The van der Waals surface area contributed by atoms with Crippen LogP contribution < -0.4 is 0 Å². The van der Waals surface area contributed by atoms with Gasteiger partial charge in [0.2, 0.25) is 0 Å². The third-order valence-electron chi connectivity index (χ3n) is 3.03. The van der Waals surface area contributed by atoms with E-state index in [-0.39, 0.29) is 12.5 Å². The molecule has 108 valence electrons. The van der Waals surface area contributed by atoms with Gasteiger partial charge in [-0.3, -0.25) is 4.79 Å². The van der Waals surface area contributed by atoms with Crippen LogP contribution in [0.15, 0.2) is 24.3 Å². The number of amides is 1. The van der Waals surface area contributed by atoms with Crippen molar-refractivity contribution in [3.8, 4) is 11.8 Å². The second-order valence-electron chi connectivity index (χ2n) is 5.04. The molecule has 0 fully saturated rings. The fraction of sp³-hybridized carbons (Fsp3) is 0.438. The molecule has 0 radical (unpaired) electrons. The van der Waals surface area contributed by atoms with Crippen LogP contribution in [0.2, 0.25) is 0 Å². The van der Waals surface area contributed by atoms with Gasteiger partial charge in [0, 0.05) is 26.3 Å². The number of likely N-dealkylation sites (N-methyl/N-ethyl adjacent to an activating group) is 1. The number of methoxy groups -OCH3 is 1. The Bertz CT molecular complexity index is 526. The maximum atomic E-state index is 12.2. The van der Waals surface area contributed by atoms with Crippen molar-refractivity contribution >= 4 is 5.91 Å². The lowest BCUT2D eigenvalue weighted by atomic mass is 10.1. The van der Waals surface area contributed by atoms with Crippen LogP contribution in [0, 0.1) is 11.8 Å². The zero-order valence-electron chi connectivity index (χ0n) is 12.4. The van der Waals surface area contributed by atoms with E-state index in [0.29, 0.717) is 6.54 Å². The second kappa shape index (κ2) is 7.09. The van der Waals surface area contributed by atoms with E-state index in [4.69, 9.17) is 9.84 Å². The van der Waals surface area contributed by atoms with E-state index in [9.17, 15) is 4.79 Å². The Labute approximate surface area is 120 Å². The highest BCUT2D eigenvalue weighted by atomic mass is 16.5. The molecule has 0 bridgehead atoms. The van der Waals surface area contributed by atoms with Crippen molar-refractivity contribution < 1.29 is 14.6 Å². The van der Waals surface area contributed by atoms with E-state index in [1.807, 2.05) is 24.3 Å². The van der Waals surface area contributed by atoms with Gasteiger partial charge in [-0.1, -0.05) is 24.0 Å². The number of ether oxygens (including phenoxy) is 1. The van der Waals surface area contributed by atoms with Gasteiger partial charge in [-0.15, -0.1) is 0 Å². The van der Waals surface area contributed by atoms with Crippen molar-refractivity contribution in [2.24, 2.45) is 0 Å². The Morgan fingerprint density at radius 1 is 1.45 bits per heavy atom. The topological polar surface area (TPSA) is 49.8 Å². The lowest BCUT2D eigenvalue weighted by Gasteiger charge is -2.28. The van der Waals surface area contributed by atoms with Gasteiger partial charge in [-0.05, 0) is 31.5 Å². The van der Waals surface area contributed by atoms with E-state index in [1.54, 1.807) is 25.8 Å². The van der Waals surface area contributed by atoms with Crippen molar-refractivity contribution in [2.75, 3.05) is 20.8 Å². The summed E-state index contributed by atoms with van der Waals surface area (Å²) in [6.45, 7) is 3.81. The predicted octanol–water partition coefficient (Wildman–Crippen LogP) is 1.41. The van der Waals surface area contributed by atoms with Crippen LogP contribution >= 0.6 is 0 Å². The molecule has 0 aliphatic rings. The molecule has 0 aliphatic carbocycles. The largest absolute Gasteiger partial charge is 0.384 e. The first kappa shape index (κ1) is 16.2. The second-order valence-corrected chi connectivity index (χ2v) is 5.04. The van der Waals surface area contributed by atoms with Gasteiger partial charge < -0.3 is 14.7 Å². The molecule has 1 aromatic rings. The quantitative estimate of drug-likeness (QED) is 0.845. The van der Waals surface area contributed by atoms with Gasteiger partial charge in [0.05, 0.1) is 0 Å². The summed E-state index contributed by atoms with van der Waals surface area (Å²) >= 11 is 0. The maximum absolute atomic E-state index is 12.2. The predicted molar refractivity (Wildman–Crippen MR) is 78.0 cm³/mol. The molecule has 0 spiro atoms. The molecule has 0 saturated heterocycles. The molecular weight excluding hydrogens is 254 g/mol. The first-order chi connectivity index (χ1) is 9.40. The lowest BCUT2D eigenvalue weighted by molar-refractivity contribution is -0.150. The molecule has 1 N–H and O–H groups in total. The molecule has 4 heteroatoms. The molecule has 0 saturated carbocycles. The number of aliphatic hydroxyl groups excluding tert-OH is 1. The highest BCUT2D eigenvalue weighted by molar-refractivity contribution is 5.84. The van der Waals surface area contributed by atoms with Crippen molar-refractivity contribution in [1.82, 2.24) is 4.90 Å². The number of rotatable bonds is 4. The number of carbonyl (C=O) groups excluding carboxylic acids is 1. The molecule has 1 rings (SSSR count). The van der Waals surface area contributed by atoms with Crippen molar-refractivity contribution in [2.45, 2.75) is 26.0 Å². The van der Waals surface area contributed by atoms with Crippen LogP contribution in [0.5, 0.6) is 0 Å². The van der Waals surface area contributed by atoms with Crippen molar-refractivity contribution in [3.05, 3.63) is 35.4 Å². The number of nitrogens with zero attached hydrogens (tertiary/aromatic N) is 1. The zero-order chi connectivity index (χ0) is 15.2. The summed E-state index contributed by atoms with van der Waals surface area (Å²) in [5.41, 5.74) is 0.976. The van der Waals surface area contributed by atoms with Gasteiger partial charge in [-0.25, -0.2) is 0 Å². The van der Waals surface area contributed by atoms with Crippen LogP contribution in [-0.2, 0) is 16.1 Å². The summed E-state index contributed by atoms with van der Waals surface area (Å²) in [5, 5.41) is 8.69. The Morgan fingerprint density at radius 3 is 2.75 bits per heavy atom. The molecule has 0 atom stereocenters. The normalized spacial score (nSPS) is 10.7. The smallest absolute Gasteiger partial charge is 0.254 e. The number of benzene rings is 1. The minimum atomic E-state index is -0.830. The molecule has 1 aromatic carbocycles. The average Bonchev–Trinajstić information content (AvgIpc) is 2.44. The lowest BCUT2D eigenvalue weighted by Crippen LogP contribution is -2.44. The monoisotopic (exact) mass is 275 g/mol. The number of hydrogen-bond donors (Lipinski definition) is 1. The molecule has 0 aromatic heterocycles. The van der Waals surface area contributed by atoms with Crippen LogP contribution in [0.3, 0.4) is 0 Å². The van der Waals surface area contributed by atoms with Crippen LogP contribution in [0.4, 0.5) is 0 Å². The Hall–Kier alpha value is -1.83. The summed E-state index contributed by atoms with van der Waals surface area (Å²) in [6.07, 6.45) is 0. The Balaban J connectivity index is 2.81. The Morgan fingerprint density at radius 2 is 2.15 bits per heavy atom. The van der Waals surface area contributed by atoms with Crippen LogP contribution in [0.1, 0.15) is 25.0 Å². The summed E-state index contributed by atoms with van der Waals surface area (Å²) in [5.74, 6) is 5.38. The van der Waals surface area contributed by atoms with E-state index in [1.165, 1.54) is 7.11 Å². The first-order valence-electron chi connectivity index (χ1n) is 6.40. The van der Waals surface area contributed by atoms with Crippen LogP contribution in [-0.4, -0.2) is 42.3 Å². The molecular formula is C16H21NO3. The van der Waals surface area contributed by atoms with E-state index < -0.39 is 5.60 Å². The SMILES string of the molecule is COC(C)(C)C(=O)N(C)Cc1cccc(C#CCO)c1. The third-order valence-corrected chi connectivity index (χ3v) is 3.03. The van der Waals surface area contributed by atoms with Gasteiger partial charge in [0.1, 0.15) is 12.2 Å². The van der Waals surface area contributed by atoms with E-state index in [0.717, 1.165) is 11.1 Å². The molecule has 1 amide bonds. The van der Waals surface area contributed by atoms with Gasteiger partial charge in [0.25, 0.3) is 5.91 Å². The summed E-state index contributed by atoms with van der Waals surface area (Å²) in [6, 6.07) is 7.60. The maximum Gasteiger partial charge on any atom is 0.254 e. The standard InChI is InChI=1S/C16H21NO3/c1-16(2,20-4)15(19)17(3)12-14-8-5-7-13(11-14)9-6-10-18/h5,7-8,11,18H,10,12H2,1-4H3. The fourth-order valence-corrected chi connectivity index (χ4v) is 1.78. The highest BCUT2D eigenvalue weighted by Gasteiger charge is 2.29. The first-order valence-corrected chi connectivity index (χ1v) is 6.40. The number of aliphatic hydroxyl groups is 1. The molecule has 0 aliphatic heterocycles. The molecule has 0 unspecified atom stereocenters. The summed E-state index contributed by atoms with van der Waals surface area (Å²) in [7, 11) is 3.27. The summed E-state index contributed by atoms with van der Waals surface area (Å²) in [4.78, 5) is 13.8. The molecule has 4 nitrogen and oxygen atoms in total. The van der Waals surface area contributed by atoms with Gasteiger partial charge in [-0.2, -0.15) is 0 Å². The minimum absolute atomic E-state index is 0.0770.